The fraction of sp³-hybridized carbons (Fsp3) is 0.667. The lowest BCUT2D eigenvalue weighted by atomic mass is 10.4. The van der Waals surface area contributed by atoms with Gasteiger partial charge in [-0.15, -0.1) is 11.6 Å². The van der Waals surface area contributed by atoms with E-state index in [-0.39, 0.29) is 0 Å². The van der Waals surface area contributed by atoms with Crippen molar-refractivity contribution in [2.24, 2.45) is 0 Å². The van der Waals surface area contributed by atoms with E-state index in [0.29, 0.717) is 31.5 Å². The van der Waals surface area contributed by atoms with Gasteiger partial charge in [0.15, 0.2) is 5.82 Å². The Hall–Kier alpha value is -1.07. The van der Waals surface area contributed by atoms with E-state index in [1.807, 2.05) is 4.90 Å². The molecule has 1 aromatic heterocycles. The van der Waals surface area contributed by atoms with E-state index in [4.69, 9.17) is 21.1 Å². The van der Waals surface area contributed by atoms with Crippen molar-refractivity contribution in [2.45, 2.75) is 13.3 Å². The molecule has 0 aromatic carbocycles. The first kappa shape index (κ1) is 15.0. The third-order valence-corrected chi connectivity index (χ3v) is 2.47. The normalized spacial score (nSPS) is 10.4. The van der Waals surface area contributed by atoms with Crippen LogP contribution in [0.3, 0.4) is 0 Å². The van der Waals surface area contributed by atoms with E-state index in [0.717, 1.165) is 18.8 Å². The highest BCUT2D eigenvalue weighted by Crippen LogP contribution is 2.14. The highest BCUT2D eigenvalue weighted by atomic mass is 35.5. The van der Waals surface area contributed by atoms with Crippen molar-refractivity contribution < 1.29 is 9.47 Å². The Kier molecular flexibility index (Phi) is 7.44. The van der Waals surface area contributed by atoms with Crippen molar-refractivity contribution >= 4 is 17.4 Å². The van der Waals surface area contributed by atoms with Gasteiger partial charge in [-0.1, -0.05) is 6.92 Å². The molecule has 5 nitrogen and oxygen atoms in total. The zero-order valence-electron chi connectivity index (χ0n) is 10.9. The second-order valence-corrected chi connectivity index (χ2v) is 4.11. The van der Waals surface area contributed by atoms with E-state index in [1.54, 1.807) is 19.5 Å². The Morgan fingerprint density at radius 3 is 2.78 bits per heavy atom. The molecule has 6 heteroatoms. The molecule has 0 saturated heterocycles. The molecule has 0 amide bonds. The molecule has 102 valence electrons. The average molecular weight is 274 g/mol. The maximum atomic E-state index is 5.79. The van der Waals surface area contributed by atoms with Crippen molar-refractivity contribution in [1.82, 2.24) is 9.97 Å². The molecule has 0 bridgehead atoms. The second kappa shape index (κ2) is 8.94. The van der Waals surface area contributed by atoms with Crippen LogP contribution in [0.5, 0.6) is 5.88 Å². The van der Waals surface area contributed by atoms with Crippen LogP contribution >= 0.6 is 11.6 Å². The van der Waals surface area contributed by atoms with Gasteiger partial charge in [-0.2, -0.15) is 4.98 Å². The maximum absolute atomic E-state index is 5.79. The van der Waals surface area contributed by atoms with E-state index in [9.17, 15) is 0 Å². The fourth-order valence-corrected chi connectivity index (χ4v) is 1.62. The van der Waals surface area contributed by atoms with Crippen LogP contribution < -0.4 is 9.64 Å². The van der Waals surface area contributed by atoms with Gasteiger partial charge in [-0.05, 0) is 6.42 Å². The van der Waals surface area contributed by atoms with Crippen molar-refractivity contribution in [3.05, 3.63) is 12.4 Å². The average Bonchev–Trinajstić information content (AvgIpc) is 2.41. The Morgan fingerprint density at radius 2 is 2.11 bits per heavy atom. The van der Waals surface area contributed by atoms with Gasteiger partial charge in [0.25, 0.3) is 0 Å². The lowest BCUT2D eigenvalue weighted by Crippen LogP contribution is -2.30. The van der Waals surface area contributed by atoms with Crippen LogP contribution in [0.15, 0.2) is 12.4 Å². The van der Waals surface area contributed by atoms with E-state index in [2.05, 4.69) is 16.9 Å². The topological polar surface area (TPSA) is 47.5 Å². The summed E-state index contributed by atoms with van der Waals surface area (Å²) in [5, 5.41) is 0. The van der Waals surface area contributed by atoms with Gasteiger partial charge >= 0.3 is 0 Å². The number of methoxy groups -OCH3 is 1. The standard InChI is InChI=1S/C12H20ClN3O2/c1-3-7-18-12-10-14-9-11(15-12)16(5-4-13)6-8-17-2/h9-10H,3-8H2,1-2H3. The number of aromatic nitrogens is 2. The third kappa shape index (κ3) is 5.06. The van der Waals surface area contributed by atoms with Gasteiger partial charge < -0.3 is 14.4 Å². The largest absolute Gasteiger partial charge is 0.477 e. The summed E-state index contributed by atoms with van der Waals surface area (Å²) in [5.41, 5.74) is 0. The van der Waals surface area contributed by atoms with Crippen molar-refractivity contribution in [3.8, 4) is 5.88 Å². The molecule has 0 atom stereocenters. The van der Waals surface area contributed by atoms with Gasteiger partial charge in [0, 0.05) is 26.1 Å². The predicted octanol–water partition coefficient (Wildman–Crippen LogP) is 1.96. The molecule has 0 radical (unpaired) electrons. The Morgan fingerprint density at radius 1 is 1.28 bits per heavy atom. The van der Waals surface area contributed by atoms with E-state index in [1.165, 1.54) is 0 Å². The zero-order chi connectivity index (χ0) is 13.2. The third-order valence-electron chi connectivity index (χ3n) is 2.30. The molecule has 0 aliphatic rings. The minimum Gasteiger partial charge on any atom is -0.477 e. The number of nitrogens with zero attached hydrogens (tertiary/aromatic N) is 3. The number of rotatable bonds is 9. The maximum Gasteiger partial charge on any atom is 0.234 e. The molecule has 1 heterocycles. The fourth-order valence-electron chi connectivity index (χ4n) is 1.41. The quantitative estimate of drug-likeness (QED) is 0.644. The van der Waals surface area contributed by atoms with Gasteiger partial charge in [-0.25, -0.2) is 0 Å². The molecule has 0 aliphatic heterocycles. The minimum atomic E-state index is 0.533. The molecule has 1 aromatic rings. The molecule has 0 aliphatic carbocycles. The first-order valence-electron chi connectivity index (χ1n) is 6.06. The summed E-state index contributed by atoms with van der Waals surface area (Å²) in [6, 6.07) is 0. The molecule has 0 N–H and O–H groups in total. The molecule has 1 rings (SSSR count). The first-order valence-corrected chi connectivity index (χ1v) is 6.60. The Bertz CT molecular complexity index is 339. The van der Waals surface area contributed by atoms with Crippen molar-refractivity contribution in [1.29, 1.82) is 0 Å². The van der Waals surface area contributed by atoms with Gasteiger partial charge in [0.05, 0.1) is 25.6 Å². The van der Waals surface area contributed by atoms with E-state index >= 15 is 0 Å². The first-order chi connectivity index (χ1) is 8.81. The molecule has 0 saturated carbocycles. The summed E-state index contributed by atoms with van der Waals surface area (Å²) in [5.74, 6) is 1.85. The summed E-state index contributed by atoms with van der Waals surface area (Å²) < 4.78 is 10.5. The number of anilines is 1. The van der Waals surface area contributed by atoms with Crippen LogP contribution in [-0.4, -0.2) is 49.3 Å². The summed E-state index contributed by atoms with van der Waals surface area (Å²) in [4.78, 5) is 10.6. The van der Waals surface area contributed by atoms with Gasteiger partial charge in [0.2, 0.25) is 5.88 Å². The van der Waals surface area contributed by atoms with Crippen molar-refractivity contribution in [3.63, 3.8) is 0 Å². The minimum absolute atomic E-state index is 0.533. The number of ether oxygens (including phenoxy) is 2. The molecule has 18 heavy (non-hydrogen) atoms. The van der Waals surface area contributed by atoms with Crippen LogP contribution in [0.25, 0.3) is 0 Å². The summed E-state index contributed by atoms with van der Waals surface area (Å²) in [6.07, 6.45) is 4.27. The predicted molar refractivity (Wildman–Crippen MR) is 72.6 cm³/mol. The van der Waals surface area contributed by atoms with Crippen LogP contribution in [0.2, 0.25) is 0 Å². The second-order valence-electron chi connectivity index (χ2n) is 3.73. The Labute approximate surface area is 113 Å². The molecule has 0 fully saturated rings. The molecule has 0 spiro atoms. The smallest absolute Gasteiger partial charge is 0.234 e. The molecular formula is C12H20ClN3O2. The molecule has 0 unspecified atom stereocenters. The van der Waals surface area contributed by atoms with Gasteiger partial charge in [-0.3, -0.25) is 4.98 Å². The van der Waals surface area contributed by atoms with Crippen LogP contribution in [0, 0.1) is 0 Å². The number of hydrogen-bond acceptors (Lipinski definition) is 5. The number of alkyl halides is 1. The van der Waals surface area contributed by atoms with Crippen LogP contribution in [0.4, 0.5) is 5.82 Å². The lowest BCUT2D eigenvalue weighted by molar-refractivity contribution is 0.205. The van der Waals surface area contributed by atoms with Gasteiger partial charge in [0.1, 0.15) is 0 Å². The molecular weight excluding hydrogens is 254 g/mol. The monoisotopic (exact) mass is 273 g/mol. The summed E-state index contributed by atoms with van der Waals surface area (Å²) in [7, 11) is 1.67. The van der Waals surface area contributed by atoms with Crippen LogP contribution in [-0.2, 0) is 4.74 Å². The number of hydrogen-bond donors (Lipinski definition) is 0. The zero-order valence-corrected chi connectivity index (χ0v) is 11.7. The lowest BCUT2D eigenvalue weighted by Gasteiger charge is -2.22. The Balaban J connectivity index is 2.70. The number of halogens is 1. The highest BCUT2D eigenvalue weighted by molar-refractivity contribution is 6.18. The highest BCUT2D eigenvalue weighted by Gasteiger charge is 2.09. The van der Waals surface area contributed by atoms with Crippen LogP contribution in [0.1, 0.15) is 13.3 Å². The summed E-state index contributed by atoms with van der Waals surface area (Å²) >= 11 is 5.79. The SMILES string of the molecule is CCCOc1cncc(N(CCCl)CCOC)n1. The van der Waals surface area contributed by atoms with Crippen molar-refractivity contribution in [2.75, 3.05) is 44.2 Å². The summed E-state index contributed by atoms with van der Waals surface area (Å²) in [6.45, 7) is 4.76. The van der Waals surface area contributed by atoms with E-state index < -0.39 is 0 Å².